The van der Waals surface area contributed by atoms with Gasteiger partial charge < -0.3 is 24.1 Å². The molecule has 0 saturated carbocycles. The van der Waals surface area contributed by atoms with E-state index in [1.54, 1.807) is 66.7 Å². The van der Waals surface area contributed by atoms with Gasteiger partial charge in [-0.05, 0) is 62.4 Å². The predicted molar refractivity (Wildman–Crippen MR) is 140 cm³/mol. The van der Waals surface area contributed by atoms with Crippen molar-refractivity contribution in [2.75, 3.05) is 26.2 Å². The van der Waals surface area contributed by atoms with Crippen LogP contribution < -0.4 is 23.8 Å². The lowest BCUT2D eigenvalue weighted by molar-refractivity contribution is -0.132. The van der Waals surface area contributed by atoms with E-state index < -0.39 is 17.7 Å². The number of aliphatic hydroxyl groups is 1. The Balaban J connectivity index is 1.95. The Labute approximate surface area is 215 Å². The lowest BCUT2D eigenvalue weighted by Crippen LogP contribution is -2.29. The smallest absolute Gasteiger partial charge is 0.300 e. The van der Waals surface area contributed by atoms with Crippen molar-refractivity contribution in [2.45, 2.75) is 26.0 Å². The zero-order valence-corrected chi connectivity index (χ0v) is 21.3. The van der Waals surface area contributed by atoms with E-state index in [1.165, 1.54) is 26.2 Å². The summed E-state index contributed by atoms with van der Waals surface area (Å²) in [4.78, 5) is 28.3. The van der Waals surface area contributed by atoms with Gasteiger partial charge in [-0.2, -0.15) is 0 Å². The molecular formula is C29H29NO7. The molecule has 0 bridgehead atoms. The molecule has 0 radical (unpaired) electrons. The first-order valence-corrected chi connectivity index (χ1v) is 11.7. The summed E-state index contributed by atoms with van der Waals surface area (Å²) in [5.41, 5.74) is 1.13. The van der Waals surface area contributed by atoms with Gasteiger partial charge in [0, 0.05) is 11.3 Å². The molecule has 3 aromatic rings. The number of methoxy groups -OCH3 is 3. The van der Waals surface area contributed by atoms with Crippen LogP contribution in [0.3, 0.4) is 0 Å². The number of hydrogen-bond donors (Lipinski definition) is 1. The highest BCUT2D eigenvalue weighted by molar-refractivity contribution is 6.51. The highest BCUT2D eigenvalue weighted by Gasteiger charge is 2.48. The second-order valence-corrected chi connectivity index (χ2v) is 8.64. The molecule has 1 saturated heterocycles. The molecule has 37 heavy (non-hydrogen) atoms. The molecule has 0 spiro atoms. The molecule has 192 valence electrons. The molecule has 1 unspecified atom stereocenters. The number of carbonyl (C=O) groups excluding carboxylic acids is 2. The highest BCUT2D eigenvalue weighted by Crippen LogP contribution is 2.46. The van der Waals surface area contributed by atoms with E-state index in [4.69, 9.17) is 18.9 Å². The largest absolute Gasteiger partial charge is 0.507 e. The van der Waals surface area contributed by atoms with E-state index in [1.807, 2.05) is 13.8 Å². The average molecular weight is 504 g/mol. The van der Waals surface area contributed by atoms with E-state index in [0.717, 1.165) is 0 Å². The van der Waals surface area contributed by atoms with Crippen molar-refractivity contribution in [3.63, 3.8) is 0 Å². The maximum Gasteiger partial charge on any atom is 0.300 e. The van der Waals surface area contributed by atoms with Crippen molar-refractivity contribution in [1.29, 1.82) is 0 Å². The van der Waals surface area contributed by atoms with Crippen molar-refractivity contribution < 1.29 is 33.6 Å². The van der Waals surface area contributed by atoms with Gasteiger partial charge in [0.2, 0.25) is 0 Å². The molecule has 1 fully saturated rings. The van der Waals surface area contributed by atoms with Gasteiger partial charge in [-0.25, -0.2) is 0 Å². The van der Waals surface area contributed by atoms with Gasteiger partial charge in [-0.3, -0.25) is 14.5 Å². The number of ketones is 1. The summed E-state index contributed by atoms with van der Waals surface area (Å²) in [7, 11) is 4.45. The molecule has 8 heteroatoms. The number of ether oxygens (including phenoxy) is 4. The summed E-state index contributed by atoms with van der Waals surface area (Å²) in [6.07, 6.45) is -0.0218. The summed E-state index contributed by atoms with van der Waals surface area (Å²) in [6, 6.07) is 17.8. The zero-order chi connectivity index (χ0) is 26.7. The topological polar surface area (TPSA) is 94.5 Å². The van der Waals surface area contributed by atoms with Crippen LogP contribution in [0.4, 0.5) is 5.69 Å². The van der Waals surface area contributed by atoms with Crippen LogP contribution in [-0.2, 0) is 9.59 Å². The van der Waals surface area contributed by atoms with Crippen LogP contribution in [0, 0.1) is 0 Å². The van der Waals surface area contributed by atoms with Gasteiger partial charge in [-0.15, -0.1) is 0 Å². The number of benzene rings is 3. The van der Waals surface area contributed by atoms with Crippen LogP contribution >= 0.6 is 0 Å². The molecule has 1 heterocycles. The number of amides is 1. The first-order chi connectivity index (χ1) is 17.8. The van der Waals surface area contributed by atoms with Crippen LogP contribution in [0.1, 0.15) is 31.0 Å². The lowest BCUT2D eigenvalue weighted by atomic mass is 9.94. The Hall–Kier alpha value is -4.46. The Morgan fingerprint density at radius 1 is 0.838 bits per heavy atom. The fourth-order valence-electron chi connectivity index (χ4n) is 4.39. The first-order valence-electron chi connectivity index (χ1n) is 11.7. The summed E-state index contributed by atoms with van der Waals surface area (Å²) in [6.45, 7) is 3.84. The predicted octanol–water partition coefficient (Wildman–Crippen LogP) is 5.13. The first kappa shape index (κ1) is 25.6. The molecule has 3 aromatic carbocycles. The Bertz CT molecular complexity index is 1340. The van der Waals surface area contributed by atoms with Gasteiger partial charge in [0.25, 0.3) is 11.7 Å². The van der Waals surface area contributed by atoms with Crippen molar-refractivity contribution in [1.82, 2.24) is 0 Å². The van der Waals surface area contributed by atoms with Crippen molar-refractivity contribution in [3.8, 4) is 23.0 Å². The van der Waals surface area contributed by atoms with E-state index >= 15 is 0 Å². The Morgan fingerprint density at radius 2 is 1.49 bits per heavy atom. The van der Waals surface area contributed by atoms with Gasteiger partial charge in [0.05, 0.1) is 44.6 Å². The van der Waals surface area contributed by atoms with Crippen LogP contribution in [0.5, 0.6) is 23.0 Å². The number of carbonyl (C=O) groups is 2. The third-order valence-corrected chi connectivity index (χ3v) is 6.03. The summed E-state index contributed by atoms with van der Waals surface area (Å²) in [5.74, 6) is -0.137. The summed E-state index contributed by atoms with van der Waals surface area (Å²) < 4.78 is 22.0. The molecule has 4 rings (SSSR count). The van der Waals surface area contributed by atoms with Gasteiger partial charge in [-0.1, -0.05) is 18.2 Å². The van der Waals surface area contributed by atoms with E-state index in [9.17, 15) is 14.7 Å². The molecule has 1 aliphatic heterocycles. The summed E-state index contributed by atoms with van der Waals surface area (Å²) in [5, 5.41) is 11.5. The zero-order valence-electron chi connectivity index (χ0n) is 21.3. The number of hydrogen-bond acceptors (Lipinski definition) is 7. The van der Waals surface area contributed by atoms with E-state index in [2.05, 4.69) is 0 Å². The number of para-hydroxylation sites is 1. The van der Waals surface area contributed by atoms with Crippen LogP contribution in [-0.4, -0.2) is 44.2 Å². The number of Topliss-reactive ketones (excluding diaryl/α,β-unsaturated/α-hetero) is 1. The number of rotatable bonds is 8. The van der Waals surface area contributed by atoms with Gasteiger partial charge in [0.15, 0.2) is 0 Å². The minimum absolute atomic E-state index is 0.0218. The highest BCUT2D eigenvalue weighted by atomic mass is 16.5. The number of anilines is 1. The standard InChI is InChI=1S/C29H29NO7/c1-17(2)37-19-12-10-18(11-13-19)30-26(21-8-6-7-9-23(21)35-4)25(28(32)29(30)33)27(31)22-16-20(34-3)14-15-24(22)36-5/h6-17,26,31H,1-5H3/b27-25+. The van der Waals surface area contributed by atoms with E-state index in [-0.39, 0.29) is 23.0 Å². The van der Waals surface area contributed by atoms with Crippen LogP contribution in [0.15, 0.2) is 72.3 Å². The second kappa shape index (κ2) is 10.7. The molecule has 8 nitrogen and oxygen atoms in total. The monoisotopic (exact) mass is 503 g/mol. The van der Waals surface area contributed by atoms with Crippen molar-refractivity contribution in [2.24, 2.45) is 0 Å². The fraction of sp³-hybridized carbons (Fsp3) is 0.241. The molecular weight excluding hydrogens is 474 g/mol. The molecule has 1 N–H and O–H groups in total. The third kappa shape index (κ3) is 4.82. The SMILES string of the molecule is COc1ccc(OC)c(/C(O)=C2\C(=O)C(=O)N(c3ccc(OC(C)C)cc3)C2c2ccccc2OC)c1. The molecule has 1 atom stereocenters. The molecule has 1 aliphatic rings. The van der Waals surface area contributed by atoms with Gasteiger partial charge >= 0.3 is 0 Å². The minimum Gasteiger partial charge on any atom is -0.507 e. The Kier molecular flexibility index (Phi) is 7.38. The average Bonchev–Trinajstić information content (AvgIpc) is 3.17. The normalized spacial score (nSPS) is 16.7. The molecule has 0 aliphatic carbocycles. The fourth-order valence-corrected chi connectivity index (χ4v) is 4.39. The maximum absolute atomic E-state index is 13.5. The second-order valence-electron chi connectivity index (χ2n) is 8.64. The van der Waals surface area contributed by atoms with Crippen molar-refractivity contribution in [3.05, 3.63) is 83.4 Å². The quantitative estimate of drug-likeness (QED) is 0.259. The third-order valence-electron chi connectivity index (χ3n) is 6.03. The van der Waals surface area contributed by atoms with Crippen LogP contribution in [0.25, 0.3) is 5.76 Å². The minimum atomic E-state index is -0.969. The van der Waals surface area contributed by atoms with Gasteiger partial charge in [0.1, 0.15) is 28.8 Å². The molecule has 0 aromatic heterocycles. The van der Waals surface area contributed by atoms with Crippen molar-refractivity contribution >= 4 is 23.1 Å². The lowest BCUT2D eigenvalue weighted by Gasteiger charge is -2.27. The number of nitrogens with zero attached hydrogens (tertiary/aromatic N) is 1. The van der Waals surface area contributed by atoms with Crippen LogP contribution in [0.2, 0.25) is 0 Å². The van der Waals surface area contributed by atoms with E-state index in [0.29, 0.717) is 34.2 Å². The Morgan fingerprint density at radius 3 is 2.11 bits per heavy atom. The molecule has 1 amide bonds. The number of aliphatic hydroxyl groups excluding tert-OH is 1. The summed E-state index contributed by atoms with van der Waals surface area (Å²) >= 11 is 0. The maximum atomic E-state index is 13.5.